The van der Waals surface area contributed by atoms with Gasteiger partial charge in [0.05, 0.1) is 28.8 Å². The molecule has 116 valence electrons. The number of hydrogen-bond acceptors (Lipinski definition) is 5. The molecule has 1 aliphatic rings. The molecule has 0 spiro atoms. The topological polar surface area (TPSA) is 77.5 Å². The van der Waals surface area contributed by atoms with Gasteiger partial charge in [-0.15, -0.1) is 0 Å². The minimum atomic E-state index is -3.33. The fourth-order valence-electron chi connectivity index (χ4n) is 1.87. The fraction of sp³-hybridized carbons (Fsp3) is 0.615. The van der Waals surface area contributed by atoms with Crippen molar-refractivity contribution >= 4 is 28.3 Å². The highest BCUT2D eigenvalue weighted by Gasteiger charge is 2.51. The lowest BCUT2D eigenvalue weighted by Crippen LogP contribution is -2.41. The Balaban J connectivity index is 2.24. The number of hydrogen-bond donors (Lipinski definition) is 1. The standard InChI is InChI=1S/C13H21BN2O4S/c1-6-21(17,18)16-11-7-10(8-15-9-11)14-19-12(2,3)13(4,5)20-14/h7-9,16H,6H2,1-5H3. The second-order valence-electron chi connectivity index (χ2n) is 6.10. The molecule has 2 rings (SSSR count). The molecule has 0 aliphatic carbocycles. The van der Waals surface area contributed by atoms with Crippen LogP contribution < -0.4 is 10.2 Å². The highest BCUT2D eigenvalue weighted by molar-refractivity contribution is 7.92. The van der Waals surface area contributed by atoms with Crippen molar-refractivity contribution < 1.29 is 17.7 Å². The van der Waals surface area contributed by atoms with Gasteiger partial charge in [0.25, 0.3) is 0 Å². The highest BCUT2D eigenvalue weighted by Crippen LogP contribution is 2.36. The molecule has 0 atom stereocenters. The van der Waals surface area contributed by atoms with E-state index in [-0.39, 0.29) is 5.75 Å². The molecule has 1 fully saturated rings. The number of rotatable bonds is 4. The first-order valence-corrected chi connectivity index (χ1v) is 8.52. The summed E-state index contributed by atoms with van der Waals surface area (Å²) in [5.74, 6) is 0.00766. The maximum Gasteiger partial charge on any atom is 0.496 e. The van der Waals surface area contributed by atoms with Crippen LogP contribution in [0.15, 0.2) is 18.5 Å². The maximum atomic E-state index is 11.6. The van der Waals surface area contributed by atoms with Crippen LogP contribution in [0.4, 0.5) is 5.69 Å². The third kappa shape index (κ3) is 3.38. The van der Waals surface area contributed by atoms with E-state index in [2.05, 4.69) is 9.71 Å². The van der Waals surface area contributed by atoms with E-state index in [4.69, 9.17) is 9.31 Å². The van der Waals surface area contributed by atoms with Gasteiger partial charge in [-0.3, -0.25) is 9.71 Å². The van der Waals surface area contributed by atoms with Crippen LogP contribution in [0.3, 0.4) is 0 Å². The van der Waals surface area contributed by atoms with Crippen LogP contribution in [0.1, 0.15) is 34.6 Å². The van der Waals surface area contributed by atoms with Gasteiger partial charge in [-0.1, -0.05) is 0 Å². The molecule has 2 heterocycles. The van der Waals surface area contributed by atoms with E-state index in [1.165, 1.54) is 6.20 Å². The first kappa shape index (κ1) is 16.3. The van der Waals surface area contributed by atoms with E-state index in [0.29, 0.717) is 11.2 Å². The molecule has 0 saturated carbocycles. The van der Waals surface area contributed by atoms with Gasteiger partial charge in [-0.25, -0.2) is 8.42 Å². The molecule has 0 radical (unpaired) electrons. The van der Waals surface area contributed by atoms with Crippen molar-refractivity contribution in [2.75, 3.05) is 10.5 Å². The molecule has 6 nitrogen and oxygen atoms in total. The Hall–Kier alpha value is -1.12. The van der Waals surface area contributed by atoms with Crippen molar-refractivity contribution in [2.45, 2.75) is 45.8 Å². The number of sulfonamides is 1. The molecular formula is C13H21BN2O4S. The Bertz CT molecular complexity index is 615. The third-order valence-electron chi connectivity index (χ3n) is 3.94. The van der Waals surface area contributed by atoms with Crippen molar-refractivity contribution in [1.82, 2.24) is 4.98 Å². The molecular weight excluding hydrogens is 291 g/mol. The summed E-state index contributed by atoms with van der Waals surface area (Å²) < 4.78 is 37.5. The number of nitrogens with one attached hydrogen (secondary N) is 1. The number of aromatic nitrogens is 1. The Morgan fingerprint density at radius 2 is 1.76 bits per heavy atom. The lowest BCUT2D eigenvalue weighted by molar-refractivity contribution is 0.00578. The van der Waals surface area contributed by atoms with Crippen molar-refractivity contribution in [3.8, 4) is 0 Å². The summed E-state index contributed by atoms with van der Waals surface area (Å²) in [7, 11) is -3.89. The number of pyridine rings is 1. The van der Waals surface area contributed by atoms with E-state index < -0.39 is 28.3 Å². The summed E-state index contributed by atoms with van der Waals surface area (Å²) >= 11 is 0. The largest absolute Gasteiger partial charge is 0.496 e. The van der Waals surface area contributed by atoms with Crippen LogP contribution in [-0.2, 0) is 19.3 Å². The Morgan fingerprint density at radius 3 is 2.29 bits per heavy atom. The van der Waals surface area contributed by atoms with Crippen LogP contribution in [0, 0.1) is 0 Å². The molecule has 1 aromatic heterocycles. The molecule has 0 bridgehead atoms. The van der Waals surface area contributed by atoms with Gasteiger partial charge in [-0.05, 0) is 40.7 Å². The third-order valence-corrected chi connectivity index (χ3v) is 5.24. The van der Waals surface area contributed by atoms with Gasteiger partial charge >= 0.3 is 7.12 Å². The smallest absolute Gasteiger partial charge is 0.399 e. The molecule has 0 unspecified atom stereocenters. The zero-order valence-corrected chi connectivity index (χ0v) is 13.8. The summed E-state index contributed by atoms with van der Waals surface area (Å²) in [6.45, 7) is 9.43. The van der Waals surface area contributed by atoms with E-state index in [9.17, 15) is 8.42 Å². The van der Waals surface area contributed by atoms with Crippen molar-refractivity contribution in [3.05, 3.63) is 18.5 Å². The summed E-state index contributed by atoms with van der Waals surface area (Å²) in [6.07, 6.45) is 3.08. The van der Waals surface area contributed by atoms with Gasteiger partial charge < -0.3 is 9.31 Å². The minimum Gasteiger partial charge on any atom is -0.399 e. The fourth-order valence-corrected chi connectivity index (χ4v) is 2.49. The van der Waals surface area contributed by atoms with Gasteiger partial charge in [0.1, 0.15) is 0 Å². The maximum absolute atomic E-state index is 11.6. The predicted molar refractivity (Wildman–Crippen MR) is 83.0 cm³/mol. The summed E-state index contributed by atoms with van der Waals surface area (Å²) in [4.78, 5) is 4.06. The average molecular weight is 312 g/mol. The van der Waals surface area contributed by atoms with Gasteiger partial charge in [0.15, 0.2) is 0 Å². The van der Waals surface area contributed by atoms with Crippen molar-refractivity contribution in [3.63, 3.8) is 0 Å². The first-order valence-electron chi connectivity index (χ1n) is 6.87. The predicted octanol–water partition coefficient (Wildman–Crippen LogP) is 1.14. The Kier molecular flexibility index (Phi) is 4.07. The molecule has 1 saturated heterocycles. The first-order chi connectivity index (χ1) is 9.56. The van der Waals surface area contributed by atoms with Gasteiger partial charge in [0.2, 0.25) is 10.0 Å². The van der Waals surface area contributed by atoms with Crippen molar-refractivity contribution in [1.29, 1.82) is 0 Å². The second-order valence-corrected chi connectivity index (χ2v) is 8.11. The average Bonchev–Trinajstić information content (AvgIpc) is 2.58. The van der Waals surface area contributed by atoms with E-state index in [1.807, 2.05) is 27.7 Å². The minimum absolute atomic E-state index is 0.00766. The molecule has 0 aromatic carbocycles. The summed E-state index contributed by atoms with van der Waals surface area (Å²) in [6, 6.07) is 1.68. The number of nitrogens with zero attached hydrogens (tertiary/aromatic N) is 1. The van der Waals surface area contributed by atoms with Crippen LogP contribution in [0.5, 0.6) is 0 Å². The molecule has 1 aromatic rings. The molecule has 21 heavy (non-hydrogen) atoms. The quantitative estimate of drug-likeness (QED) is 0.844. The molecule has 8 heteroatoms. The Morgan fingerprint density at radius 1 is 1.19 bits per heavy atom. The van der Waals surface area contributed by atoms with Crippen molar-refractivity contribution in [2.24, 2.45) is 0 Å². The lowest BCUT2D eigenvalue weighted by Gasteiger charge is -2.32. The number of anilines is 1. The zero-order valence-electron chi connectivity index (χ0n) is 13.0. The monoisotopic (exact) mass is 312 g/mol. The van der Waals surface area contributed by atoms with Gasteiger partial charge in [-0.2, -0.15) is 0 Å². The van der Waals surface area contributed by atoms with E-state index in [0.717, 1.165) is 0 Å². The van der Waals surface area contributed by atoms with Crippen LogP contribution in [-0.4, -0.2) is 37.5 Å². The SMILES string of the molecule is CCS(=O)(=O)Nc1cncc(B2OC(C)(C)C(C)(C)O2)c1. The summed E-state index contributed by atoms with van der Waals surface area (Å²) in [5.41, 5.74) is 0.196. The van der Waals surface area contributed by atoms with Gasteiger partial charge in [0, 0.05) is 11.7 Å². The van der Waals surface area contributed by atoms with Crippen LogP contribution in [0.25, 0.3) is 0 Å². The Labute approximate surface area is 126 Å². The highest BCUT2D eigenvalue weighted by atomic mass is 32.2. The zero-order chi connectivity index (χ0) is 15.9. The molecule has 0 amide bonds. The molecule has 1 aliphatic heterocycles. The van der Waals surface area contributed by atoms with Crippen LogP contribution >= 0.6 is 0 Å². The second kappa shape index (κ2) is 5.26. The van der Waals surface area contributed by atoms with Crippen LogP contribution in [0.2, 0.25) is 0 Å². The molecule has 1 N–H and O–H groups in total. The normalized spacial score (nSPS) is 20.5. The van der Waals surface area contributed by atoms with E-state index >= 15 is 0 Å². The summed E-state index contributed by atoms with van der Waals surface area (Å²) in [5, 5.41) is 0. The van der Waals surface area contributed by atoms with E-state index in [1.54, 1.807) is 19.2 Å². The lowest BCUT2D eigenvalue weighted by atomic mass is 9.80.